The Morgan fingerprint density at radius 2 is 0.625 bits per heavy atom. The van der Waals surface area contributed by atoms with Crippen LogP contribution in [0.3, 0.4) is 0 Å². The lowest BCUT2D eigenvalue weighted by atomic mass is 10.2. The number of benzene rings is 2. The quantitative estimate of drug-likeness (QED) is 0.388. The van der Waals surface area contributed by atoms with Crippen molar-refractivity contribution in [3.05, 3.63) is 71.8 Å². The molecular formula is C30H50P2. The standard InChI is InChI=1S/2C15H25P/c2*1-14(2,3)16(15(4,5)6)12-13-10-8-7-9-11-13/h2*7-11H,12H2,1-6H3. The lowest BCUT2D eigenvalue weighted by molar-refractivity contribution is 0.702. The van der Waals surface area contributed by atoms with E-state index in [0.29, 0.717) is 20.6 Å². The highest BCUT2D eigenvalue weighted by molar-refractivity contribution is 7.60. The molecular weight excluding hydrogens is 422 g/mol. The average Bonchev–Trinajstić information content (AvgIpc) is 2.63. The molecule has 0 bridgehead atoms. The van der Waals surface area contributed by atoms with Gasteiger partial charge in [0.05, 0.1) is 0 Å². The first-order valence-electron chi connectivity index (χ1n) is 12.1. The van der Waals surface area contributed by atoms with E-state index in [1.807, 2.05) is 0 Å². The summed E-state index contributed by atoms with van der Waals surface area (Å²) in [6.45, 7) is 28.6. The SMILES string of the molecule is CC(C)(C)P(Cc1ccccc1)C(C)(C)C.CC(C)(C)P(Cc1ccccc1)C(C)(C)C. The molecule has 2 heteroatoms. The summed E-state index contributed by atoms with van der Waals surface area (Å²) in [5, 5.41) is 1.68. The molecule has 0 aliphatic heterocycles. The van der Waals surface area contributed by atoms with E-state index in [1.165, 1.54) is 23.5 Å². The van der Waals surface area contributed by atoms with E-state index in [1.54, 1.807) is 0 Å². The fourth-order valence-corrected chi connectivity index (χ4v) is 11.6. The summed E-state index contributed by atoms with van der Waals surface area (Å²) in [4.78, 5) is 0. The first-order valence-corrected chi connectivity index (χ1v) is 15.1. The van der Waals surface area contributed by atoms with E-state index < -0.39 is 0 Å². The van der Waals surface area contributed by atoms with Crippen molar-refractivity contribution in [1.82, 2.24) is 0 Å². The molecule has 0 saturated carbocycles. The third kappa shape index (κ3) is 10.5. The molecule has 0 nitrogen and oxygen atoms in total. The van der Waals surface area contributed by atoms with E-state index in [0.717, 1.165) is 0 Å². The summed E-state index contributed by atoms with van der Waals surface area (Å²) in [6.07, 6.45) is 2.48. The van der Waals surface area contributed by atoms with Crippen LogP contribution in [0.2, 0.25) is 0 Å². The van der Waals surface area contributed by atoms with Gasteiger partial charge in [-0.2, -0.15) is 0 Å². The van der Waals surface area contributed by atoms with Gasteiger partial charge in [-0.15, -0.1) is 0 Å². The zero-order valence-corrected chi connectivity index (χ0v) is 24.9. The Morgan fingerprint density at radius 3 is 0.812 bits per heavy atom. The molecule has 0 spiro atoms. The van der Waals surface area contributed by atoms with Crippen molar-refractivity contribution in [2.45, 2.75) is 116 Å². The van der Waals surface area contributed by atoms with Crippen molar-refractivity contribution in [3.63, 3.8) is 0 Å². The van der Waals surface area contributed by atoms with Gasteiger partial charge in [0.15, 0.2) is 0 Å². The summed E-state index contributed by atoms with van der Waals surface area (Å²) in [6, 6.07) is 21.8. The van der Waals surface area contributed by atoms with Crippen LogP contribution in [-0.4, -0.2) is 20.6 Å². The molecule has 180 valence electrons. The Morgan fingerprint density at radius 1 is 0.406 bits per heavy atom. The second-order valence-corrected chi connectivity index (χ2v) is 20.5. The summed E-state index contributed by atoms with van der Waals surface area (Å²) >= 11 is 0. The first-order chi connectivity index (χ1) is 14.4. The minimum absolute atomic E-state index is 0.0190. The molecule has 0 N–H and O–H groups in total. The van der Waals surface area contributed by atoms with Crippen LogP contribution < -0.4 is 0 Å². The maximum Gasteiger partial charge on any atom is -0.00637 e. The van der Waals surface area contributed by atoms with E-state index in [2.05, 4.69) is 144 Å². The molecule has 0 aliphatic rings. The average molecular weight is 473 g/mol. The minimum Gasteiger partial charge on any atom is -0.0911 e. The molecule has 0 amide bonds. The molecule has 0 saturated heterocycles. The lowest BCUT2D eigenvalue weighted by Gasteiger charge is -2.41. The molecule has 0 unspecified atom stereocenters. The van der Waals surface area contributed by atoms with Crippen LogP contribution in [-0.2, 0) is 12.3 Å². The van der Waals surface area contributed by atoms with Gasteiger partial charge in [0.25, 0.3) is 0 Å². The van der Waals surface area contributed by atoms with Crippen LogP contribution in [0.15, 0.2) is 60.7 Å². The number of rotatable bonds is 4. The summed E-state index contributed by atoms with van der Waals surface area (Å²) in [5.74, 6) is 0. The van der Waals surface area contributed by atoms with Gasteiger partial charge in [0, 0.05) is 0 Å². The second kappa shape index (κ2) is 11.6. The van der Waals surface area contributed by atoms with Gasteiger partial charge in [-0.3, -0.25) is 0 Å². The maximum atomic E-state index is 2.38. The molecule has 0 atom stereocenters. The Hall–Kier alpha value is -0.700. The van der Waals surface area contributed by atoms with Crippen LogP contribution in [0, 0.1) is 0 Å². The van der Waals surface area contributed by atoms with Crippen LogP contribution in [0.1, 0.15) is 94.2 Å². The third-order valence-corrected chi connectivity index (χ3v) is 13.4. The molecule has 0 aliphatic carbocycles. The molecule has 2 aromatic rings. The van der Waals surface area contributed by atoms with Crippen molar-refractivity contribution in [2.24, 2.45) is 0 Å². The predicted molar refractivity (Wildman–Crippen MR) is 153 cm³/mol. The Kier molecular flexibility index (Phi) is 10.7. The Labute approximate surface area is 203 Å². The number of hydrogen-bond acceptors (Lipinski definition) is 0. The largest absolute Gasteiger partial charge is 0.0911 e. The molecule has 2 aromatic carbocycles. The van der Waals surface area contributed by atoms with E-state index in [4.69, 9.17) is 0 Å². The van der Waals surface area contributed by atoms with Gasteiger partial charge in [0.1, 0.15) is 0 Å². The highest BCUT2D eigenvalue weighted by Gasteiger charge is 2.34. The van der Waals surface area contributed by atoms with Gasteiger partial charge in [-0.05, 0) is 44.1 Å². The van der Waals surface area contributed by atoms with Crippen LogP contribution in [0.25, 0.3) is 0 Å². The predicted octanol–water partition coefficient (Wildman–Crippen LogP) is 10.5. The zero-order valence-electron chi connectivity index (χ0n) is 23.1. The van der Waals surface area contributed by atoms with Crippen LogP contribution in [0.5, 0.6) is 0 Å². The normalized spacial score (nSPS) is 13.2. The van der Waals surface area contributed by atoms with Crippen molar-refractivity contribution >= 4 is 15.8 Å². The van der Waals surface area contributed by atoms with Crippen LogP contribution in [0.4, 0.5) is 0 Å². The van der Waals surface area contributed by atoms with Gasteiger partial charge in [0.2, 0.25) is 0 Å². The summed E-state index contributed by atoms with van der Waals surface area (Å²) in [7, 11) is -0.0381. The summed E-state index contributed by atoms with van der Waals surface area (Å²) < 4.78 is 0. The van der Waals surface area contributed by atoms with Gasteiger partial charge < -0.3 is 0 Å². The highest BCUT2D eigenvalue weighted by atomic mass is 31.1. The topological polar surface area (TPSA) is 0 Å². The Balaban J connectivity index is 0.000000320. The smallest absolute Gasteiger partial charge is 0.00637 e. The van der Waals surface area contributed by atoms with Crippen LogP contribution >= 0.6 is 15.8 Å². The summed E-state index contributed by atoms with van der Waals surface area (Å²) in [5.41, 5.74) is 2.97. The van der Waals surface area contributed by atoms with Gasteiger partial charge in [-0.1, -0.05) is 160 Å². The monoisotopic (exact) mass is 472 g/mol. The molecule has 2 rings (SSSR count). The molecule has 0 aromatic heterocycles. The van der Waals surface area contributed by atoms with Crippen molar-refractivity contribution in [3.8, 4) is 0 Å². The molecule has 0 heterocycles. The fourth-order valence-electron chi connectivity index (χ4n) is 4.49. The minimum atomic E-state index is -0.0190. The molecule has 32 heavy (non-hydrogen) atoms. The van der Waals surface area contributed by atoms with Gasteiger partial charge >= 0.3 is 0 Å². The molecule has 0 fully saturated rings. The van der Waals surface area contributed by atoms with Crippen molar-refractivity contribution in [2.75, 3.05) is 0 Å². The van der Waals surface area contributed by atoms with Crippen molar-refractivity contribution < 1.29 is 0 Å². The highest BCUT2D eigenvalue weighted by Crippen LogP contribution is 2.62. The Bertz CT molecular complexity index is 669. The lowest BCUT2D eigenvalue weighted by Crippen LogP contribution is -2.25. The maximum absolute atomic E-state index is 2.38. The number of hydrogen-bond donors (Lipinski definition) is 0. The third-order valence-electron chi connectivity index (χ3n) is 5.61. The fraction of sp³-hybridized carbons (Fsp3) is 0.600. The van der Waals surface area contributed by atoms with Gasteiger partial charge in [-0.25, -0.2) is 0 Å². The van der Waals surface area contributed by atoms with E-state index >= 15 is 0 Å². The zero-order chi connectivity index (χ0) is 24.8. The second-order valence-electron chi connectivity index (χ2n) is 12.8. The van der Waals surface area contributed by atoms with E-state index in [-0.39, 0.29) is 15.8 Å². The van der Waals surface area contributed by atoms with Crippen molar-refractivity contribution in [1.29, 1.82) is 0 Å². The molecule has 0 radical (unpaired) electrons. The van der Waals surface area contributed by atoms with E-state index in [9.17, 15) is 0 Å². The first kappa shape index (κ1) is 29.3.